The maximum Gasteiger partial charge on any atom is 0.0667 e. The summed E-state index contributed by atoms with van der Waals surface area (Å²) in [6.45, 7) is 19.2. The van der Waals surface area contributed by atoms with Gasteiger partial charge in [-0.1, -0.05) is 356 Å². The molecule has 0 aromatic heterocycles. The minimum Gasteiger partial charge on any atom is -0.392 e. The molecule has 5 atom stereocenters. The van der Waals surface area contributed by atoms with Crippen molar-refractivity contribution in [2.24, 2.45) is 0 Å². The number of nitrogens with one attached hydrogen (secondary N) is 1. The van der Waals surface area contributed by atoms with Gasteiger partial charge < -0.3 is 30.8 Å². The van der Waals surface area contributed by atoms with E-state index in [2.05, 4.69) is 54.6 Å². The minimum atomic E-state index is -0.407. The second-order valence-corrected chi connectivity index (χ2v) is 27.7. The average molecular weight is 1210 g/mol. The highest BCUT2D eigenvalue weighted by Gasteiger charge is 2.21. The van der Waals surface area contributed by atoms with Crippen LogP contribution in [0.5, 0.6) is 0 Å². The van der Waals surface area contributed by atoms with Gasteiger partial charge in [-0.3, -0.25) is 14.7 Å². The molecular weight excluding hydrogens is 1050 g/mol. The van der Waals surface area contributed by atoms with E-state index in [-0.39, 0.29) is 6.10 Å². The van der Waals surface area contributed by atoms with Crippen LogP contribution in [0, 0.1) is 0 Å². The van der Waals surface area contributed by atoms with Crippen LogP contribution in [-0.2, 0) is 0 Å². The van der Waals surface area contributed by atoms with Crippen LogP contribution in [0.4, 0.5) is 0 Å². The predicted octanol–water partition coefficient (Wildman–Crippen LogP) is 19.8. The van der Waals surface area contributed by atoms with Crippen molar-refractivity contribution in [3.05, 3.63) is 0 Å². The summed E-state index contributed by atoms with van der Waals surface area (Å²) in [5, 5.41) is 61.0. The summed E-state index contributed by atoms with van der Waals surface area (Å²) in [6, 6.07) is 0. The highest BCUT2D eigenvalue weighted by molar-refractivity contribution is 4.76. The highest BCUT2D eigenvalue weighted by Crippen LogP contribution is 2.19. The number of unbranched alkanes of at least 4 members (excludes halogenated alkanes) is 45. The Labute approximate surface area is 533 Å². The normalized spacial score (nSPS) is 13.9. The highest BCUT2D eigenvalue weighted by atomic mass is 16.3. The van der Waals surface area contributed by atoms with Crippen LogP contribution in [-0.4, -0.2) is 143 Å². The molecule has 0 fully saturated rings. The number of rotatable bonds is 74. The zero-order chi connectivity index (χ0) is 62.0. The lowest BCUT2D eigenvalue weighted by Gasteiger charge is -2.33. The first-order valence-electron chi connectivity index (χ1n) is 39.0. The Hall–Kier alpha value is -0.360. The molecule has 9 heteroatoms. The van der Waals surface area contributed by atoms with Crippen molar-refractivity contribution in [3.63, 3.8) is 0 Å². The quantitative estimate of drug-likeness (QED) is 0.0331. The molecule has 0 saturated heterocycles. The molecule has 0 aliphatic rings. The van der Waals surface area contributed by atoms with E-state index in [1.54, 1.807) is 0 Å². The molecule has 85 heavy (non-hydrogen) atoms. The fourth-order valence-corrected chi connectivity index (χ4v) is 12.9. The fourth-order valence-electron chi connectivity index (χ4n) is 12.9. The summed E-state index contributed by atoms with van der Waals surface area (Å²) in [4.78, 5) is 7.26. The Balaban J connectivity index is 6.01. The third-order valence-electron chi connectivity index (χ3n) is 18.8. The first-order valence-corrected chi connectivity index (χ1v) is 39.0. The molecule has 9 nitrogen and oxygen atoms in total. The monoisotopic (exact) mass is 1210 g/mol. The van der Waals surface area contributed by atoms with Crippen LogP contribution >= 0.6 is 0 Å². The van der Waals surface area contributed by atoms with Gasteiger partial charge in [0.2, 0.25) is 0 Å². The third kappa shape index (κ3) is 65.0. The summed E-state index contributed by atoms with van der Waals surface area (Å²) >= 11 is 0. The number of hydrogen-bond donors (Lipinski definition) is 6. The summed E-state index contributed by atoms with van der Waals surface area (Å²) < 4.78 is 0. The standard InChI is InChI=1S/C76H158N4O5/c1-6-11-16-21-26-31-36-41-46-51-56-72(81)67-77-61-62-78(63-65-79(68-73(82)57-52-47-42-37-32-27-22-17-12-7-2)69-74(83)58-53-48-43-38-33-28-23-18-13-8-3)64-66-80(70-75(84)59-54-49-44-39-34-29-24-19-14-9-4)71-76(85)60-55-50-45-40-35-30-25-20-15-10-5/h72-77,81-85H,6-71H2,1-5H3. The molecular formula is C76H158N4O5. The van der Waals surface area contributed by atoms with Crippen LogP contribution in [0.1, 0.15) is 388 Å². The lowest BCUT2D eigenvalue weighted by Crippen LogP contribution is -2.47. The van der Waals surface area contributed by atoms with Gasteiger partial charge in [0.1, 0.15) is 0 Å². The van der Waals surface area contributed by atoms with Crippen LogP contribution in [0.3, 0.4) is 0 Å². The van der Waals surface area contributed by atoms with Gasteiger partial charge in [0.15, 0.2) is 0 Å². The van der Waals surface area contributed by atoms with Gasteiger partial charge in [0.25, 0.3) is 0 Å². The van der Waals surface area contributed by atoms with E-state index in [0.29, 0.717) is 32.7 Å². The van der Waals surface area contributed by atoms with E-state index < -0.39 is 24.4 Å². The molecule has 0 aromatic rings. The van der Waals surface area contributed by atoms with Crippen LogP contribution in [0.2, 0.25) is 0 Å². The van der Waals surface area contributed by atoms with Gasteiger partial charge >= 0.3 is 0 Å². The molecule has 0 amide bonds. The van der Waals surface area contributed by atoms with Crippen molar-refractivity contribution in [2.45, 2.75) is 418 Å². The molecule has 0 saturated carbocycles. The zero-order valence-electron chi connectivity index (χ0n) is 58.6. The average Bonchev–Trinajstić information content (AvgIpc) is 3.56. The molecule has 0 rings (SSSR count). The van der Waals surface area contributed by atoms with Gasteiger partial charge in [-0.05, 0) is 32.1 Å². The molecule has 0 heterocycles. The molecule has 0 spiro atoms. The molecule has 512 valence electrons. The van der Waals surface area contributed by atoms with E-state index in [9.17, 15) is 25.5 Å². The van der Waals surface area contributed by atoms with Gasteiger partial charge in [-0.15, -0.1) is 0 Å². The second-order valence-electron chi connectivity index (χ2n) is 27.7. The fraction of sp³-hybridized carbons (Fsp3) is 1.00. The van der Waals surface area contributed by atoms with Gasteiger partial charge in [-0.25, -0.2) is 0 Å². The summed E-state index contributed by atoms with van der Waals surface area (Å²) in [5.41, 5.74) is 0. The van der Waals surface area contributed by atoms with Crippen molar-refractivity contribution in [3.8, 4) is 0 Å². The Morgan fingerprint density at radius 3 is 0.600 bits per heavy atom. The first-order chi connectivity index (χ1) is 41.7. The Bertz CT molecular complexity index is 1100. The molecule has 5 unspecified atom stereocenters. The van der Waals surface area contributed by atoms with Crippen molar-refractivity contribution < 1.29 is 25.5 Å². The molecule has 0 aliphatic carbocycles. The predicted molar refractivity (Wildman–Crippen MR) is 375 cm³/mol. The zero-order valence-corrected chi connectivity index (χ0v) is 58.6. The summed E-state index contributed by atoms with van der Waals surface area (Å²) in [7, 11) is 0. The van der Waals surface area contributed by atoms with Gasteiger partial charge in [-0.2, -0.15) is 0 Å². The summed E-state index contributed by atoms with van der Waals surface area (Å²) in [5.74, 6) is 0. The molecule has 0 bridgehead atoms. The van der Waals surface area contributed by atoms with Crippen LogP contribution in [0.25, 0.3) is 0 Å². The SMILES string of the molecule is CCCCCCCCCCCCC(O)CNCCN(CCN(CC(O)CCCCCCCCCCCC)CC(O)CCCCCCCCCCCC)CCN(CC(O)CCCCCCCCCCCC)CC(O)CCCCCCCCCCCC. The van der Waals surface area contributed by atoms with E-state index in [1.165, 1.54) is 289 Å². The number of hydrogen-bond acceptors (Lipinski definition) is 9. The van der Waals surface area contributed by atoms with Crippen LogP contribution in [0.15, 0.2) is 0 Å². The second kappa shape index (κ2) is 69.5. The summed E-state index contributed by atoms with van der Waals surface area (Å²) in [6.07, 6.45) is 66.7. The van der Waals surface area contributed by atoms with E-state index in [0.717, 1.165) is 103 Å². The Morgan fingerprint density at radius 1 is 0.212 bits per heavy atom. The molecule has 0 aromatic carbocycles. The molecule has 6 N–H and O–H groups in total. The van der Waals surface area contributed by atoms with Crippen molar-refractivity contribution >= 4 is 0 Å². The van der Waals surface area contributed by atoms with Gasteiger partial charge in [0, 0.05) is 72.0 Å². The maximum atomic E-state index is 11.6. The van der Waals surface area contributed by atoms with E-state index in [1.807, 2.05) is 0 Å². The van der Waals surface area contributed by atoms with Gasteiger partial charge in [0.05, 0.1) is 30.5 Å². The lowest BCUT2D eigenvalue weighted by atomic mass is 10.0. The largest absolute Gasteiger partial charge is 0.392 e. The molecule has 0 radical (unpaired) electrons. The first kappa shape index (κ1) is 84.6. The number of aliphatic hydroxyl groups excluding tert-OH is 5. The Kier molecular flexibility index (Phi) is 69.2. The van der Waals surface area contributed by atoms with Crippen molar-refractivity contribution in [1.82, 2.24) is 20.0 Å². The topological polar surface area (TPSA) is 123 Å². The maximum absolute atomic E-state index is 11.6. The lowest BCUT2D eigenvalue weighted by molar-refractivity contribution is 0.0466. The number of nitrogens with zero attached hydrogens (tertiary/aromatic N) is 3. The van der Waals surface area contributed by atoms with Crippen molar-refractivity contribution in [2.75, 3.05) is 72.0 Å². The minimum absolute atomic E-state index is 0.336. The Morgan fingerprint density at radius 2 is 0.388 bits per heavy atom. The van der Waals surface area contributed by atoms with Crippen molar-refractivity contribution in [1.29, 1.82) is 0 Å². The molecule has 0 aliphatic heterocycles. The van der Waals surface area contributed by atoms with E-state index >= 15 is 0 Å². The smallest absolute Gasteiger partial charge is 0.0667 e. The number of aliphatic hydroxyl groups is 5. The van der Waals surface area contributed by atoms with Crippen LogP contribution < -0.4 is 5.32 Å². The third-order valence-corrected chi connectivity index (χ3v) is 18.8. The van der Waals surface area contributed by atoms with E-state index in [4.69, 9.17) is 0 Å².